The van der Waals surface area contributed by atoms with Gasteiger partial charge in [-0.3, -0.25) is 0 Å². The summed E-state index contributed by atoms with van der Waals surface area (Å²) in [5.74, 6) is 0.667. The second-order valence-corrected chi connectivity index (χ2v) is 4.32. The Morgan fingerprint density at radius 1 is 1.15 bits per heavy atom. The lowest BCUT2D eigenvalue weighted by molar-refractivity contribution is -0.0498. The number of rotatable bonds is 3. The van der Waals surface area contributed by atoms with Crippen molar-refractivity contribution in [3.8, 4) is 17.1 Å². The summed E-state index contributed by atoms with van der Waals surface area (Å²) in [5.41, 5.74) is 2.93. The molecule has 0 fully saturated rings. The number of aryl methyl sites for hydroxylation is 1. The standard InChI is InChI=1S/C14H11F2N3O/c1-8-5-6-11-13(17-8)19-12(18-11)9-3-2-4-10(7-9)20-14(15)16/h2-7,14H,1H3,(H,17,18,19). The average molecular weight is 275 g/mol. The first-order chi connectivity index (χ1) is 9.61. The number of benzene rings is 1. The fourth-order valence-electron chi connectivity index (χ4n) is 1.94. The fourth-order valence-corrected chi connectivity index (χ4v) is 1.94. The van der Waals surface area contributed by atoms with E-state index in [1.54, 1.807) is 12.1 Å². The Hall–Kier alpha value is -2.50. The van der Waals surface area contributed by atoms with E-state index in [9.17, 15) is 8.78 Å². The van der Waals surface area contributed by atoms with Gasteiger partial charge in [0.15, 0.2) is 5.65 Å². The number of nitrogens with one attached hydrogen (secondary N) is 1. The predicted octanol–water partition coefficient (Wildman–Crippen LogP) is 3.53. The van der Waals surface area contributed by atoms with Crippen LogP contribution < -0.4 is 4.74 Å². The summed E-state index contributed by atoms with van der Waals surface area (Å²) in [6.07, 6.45) is 0. The highest BCUT2D eigenvalue weighted by Crippen LogP contribution is 2.24. The molecule has 3 aromatic rings. The second-order valence-electron chi connectivity index (χ2n) is 4.32. The molecule has 1 aromatic carbocycles. The minimum Gasteiger partial charge on any atom is -0.435 e. The van der Waals surface area contributed by atoms with Crippen LogP contribution in [0.4, 0.5) is 8.78 Å². The molecule has 0 aliphatic rings. The van der Waals surface area contributed by atoms with Crippen LogP contribution in [-0.2, 0) is 0 Å². The first-order valence-electron chi connectivity index (χ1n) is 6.00. The molecule has 1 N–H and O–H groups in total. The highest BCUT2D eigenvalue weighted by molar-refractivity contribution is 5.76. The highest BCUT2D eigenvalue weighted by atomic mass is 19.3. The topological polar surface area (TPSA) is 50.8 Å². The van der Waals surface area contributed by atoms with Crippen LogP contribution >= 0.6 is 0 Å². The van der Waals surface area contributed by atoms with E-state index < -0.39 is 6.61 Å². The predicted molar refractivity (Wildman–Crippen MR) is 70.7 cm³/mol. The monoisotopic (exact) mass is 275 g/mol. The maximum Gasteiger partial charge on any atom is 0.387 e. The molecule has 6 heteroatoms. The third-order valence-corrected chi connectivity index (χ3v) is 2.82. The first-order valence-corrected chi connectivity index (χ1v) is 6.00. The number of pyridine rings is 1. The van der Waals surface area contributed by atoms with E-state index in [0.29, 0.717) is 17.0 Å². The molecule has 20 heavy (non-hydrogen) atoms. The van der Waals surface area contributed by atoms with Crippen molar-refractivity contribution in [1.82, 2.24) is 15.0 Å². The lowest BCUT2D eigenvalue weighted by Crippen LogP contribution is -2.01. The summed E-state index contributed by atoms with van der Waals surface area (Å²) in [5, 5.41) is 0. The smallest absolute Gasteiger partial charge is 0.387 e. The van der Waals surface area contributed by atoms with Crippen LogP contribution in [0.1, 0.15) is 5.69 Å². The van der Waals surface area contributed by atoms with Crippen LogP contribution in [0, 0.1) is 6.92 Å². The Balaban J connectivity index is 2.01. The molecule has 2 aromatic heterocycles. The van der Waals surface area contributed by atoms with Gasteiger partial charge in [0.1, 0.15) is 11.6 Å². The summed E-state index contributed by atoms with van der Waals surface area (Å²) in [4.78, 5) is 11.8. The van der Waals surface area contributed by atoms with Crippen LogP contribution in [0.15, 0.2) is 36.4 Å². The van der Waals surface area contributed by atoms with E-state index >= 15 is 0 Å². The zero-order valence-electron chi connectivity index (χ0n) is 10.6. The van der Waals surface area contributed by atoms with Gasteiger partial charge in [0.25, 0.3) is 0 Å². The normalized spacial score (nSPS) is 11.2. The number of imidazole rings is 1. The van der Waals surface area contributed by atoms with Crippen molar-refractivity contribution in [2.75, 3.05) is 0 Å². The third kappa shape index (κ3) is 2.45. The van der Waals surface area contributed by atoms with Crippen molar-refractivity contribution in [2.24, 2.45) is 0 Å². The van der Waals surface area contributed by atoms with E-state index in [2.05, 4.69) is 19.7 Å². The Kier molecular flexibility index (Phi) is 3.06. The molecule has 3 rings (SSSR count). The van der Waals surface area contributed by atoms with Gasteiger partial charge in [-0.2, -0.15) is 8.78 Å². The summed E-state index contributed by atoms with van der Waals surface area (Å²) in [6, 6.07) is 10.1. The number of hydrogen-bond donors (Lipinski definition) is 1. The van der Waals surface area contributed by atoms with Gasteiger partial charge in [-0.1, -0.05) is 12.1 Å². The Morgan fingerprint density at radius 2 is 2.00 bits per heavy atom. The number of fused-ring (bicyclic) bond motifs is 1. The van der Waals surface area contributed by atoms with Gasteiger partial charge in [0.2, 0.25) is 0 Å². The second kappa shape index (κ2) is 4.88. The SMILES string of the molecule is Cc1ccc2[nH]c(-c3cccc(OC(F)F)c3)nc2n1. The lowest BCUT2D eigenvalue weighted by atomic mass is 10.2. The molecule has 2 heterocycles. The number of hydrogen-bond acceptors (Lipinski definition) is 3. The summed E-state index contributed by atoms with van der Waals surface area (Å²) >= 11 is 0. The summed E-state index contributed by atoms with van der Waals surface area (Å²) in [7, 11) is 0. The lowest BCUT2D eigenvalue weighted by Gasteiger charge is -2.05. The Labute approximate surface area is 113 Å². The molecule has 0 bridgehead atoms. The van der Waals surface area contributed by atoms with Crippen LogP contribution in [0.2, 0.25) is 0 Å². The Bertz CT molecular complexity index is 755. The van der Waals surface area contributed by atoms with Gasteiger partial charge in [-0.15, -0.1) is 0 Å². The van der Waals surface area contributed by atoms with Gasteiger partial charge < -0.3 is 9.72 Å². The van der Waals surface area contributed by atoms with Crippen LogP contribution in [-0.4, -0.2) is 21.6 Å². The number of aromatic amines is 1. The molecule has 0 atom stereocenters. The van der Waals surface area contributed by atoms with Crippen LogP contribution in [0.5, 0.6) is 5.75 Å². The van der Waals surface area contributed by atoms with E-state index in [1.807, 2.05) is 19.1 Å². The van der Waals surface area contributed by atoms with E-state index in [4.69, 9.17) is 0 Å². The minimum atomic E-state index is -2.84. The van der Waals surface area contributed by atoms with Crippen LogP contribution in [0.25, 0.3) is 22.6 Å². The molecule has 0 aliphatic carbocycles. The first kappa shape index (κ1) is 12.5. The fraction of sp³-hybridized carbons (Fsp3) is 0.143. The van der Waals surface area contributed by atoms with Gasteiger partial charge in [0, 0.05) is 11.3 Å². The van der Waals surface area contributed by atoms with Crippen LogP contribution in [0.3, 0.4) is 0 Å². The molecule has 0 aliphatic heterocycles. The van der Waals surface area contributed by atoms with Crippen molar-refractivity contribution in [1.29, 1.82) is 0 Å². The average Bonchev–Trinajstić information content (AvgIpc) is 2.81. The Morgan fingerprint density at radius 3 is 2.80 bits per heavy atom. The molecule has 102 valence electrons. The summed E-state index contributed by atoms with van der Waals surface area (Å²) in [6.45, 7) is -0.963. The summed E-state index contributed by atoms with van der Waals surface area (Å²) < 4.78 is 28.8. The van der Waals surface area contributed by atoms with Crippen molar-refractivity contribution < 1.29 is 13.5 Å². The molecule has 0 saturated carbocycles. The maximum absolute atomic E-state index is 12.2. The van der Waals surface area contributed by atoms with Gasteiger partial charge in [0.05, 0.1) is 5.52 Å². The minimum absolute atomic E-state index is 0.0992. The molecule has 4 nitrogen and oxygen atoms in total. The molecule has 0 amide bonds. The highest BCUT2D eigenvalue weighted by Gasteiger charge is 2.09. The van der Waals surface area contributed by atoms with Gasteiger partial charge in [-0.05, 0) is 31.2 Å². The third-order valence-electron chi connectivity index (χ3n) is 2.82. The number of ether oxygens (including phenoxy) is 1. The van der Waals surface area contributed by atoms with E-state index in [1.165, 1.54) is 12.1 Å². The molecule has 0 saturated heterocycles. The molecule has 0 spiro atoms. The molecule has 0 radical (unpaired) electrons. The zero-order chi connectivity index (χ0) is 14.1. The number of nitrogens with zero attached hydrogens (tertiary/aromatic N) is 2. The van der Waals surface area contributed by atoms with Crippen molar-refractivity contribution in [2.45, 2.75) is 13.5 Å². The number of alkyl halides is 2. The largest absolute Gasteiger partial charge is 0.435 e. The number of halogens is 2. The quantitative estimate of drug-likeness (QED) is 0.795. The van der Waals surface area contributed by atoms with E-state index in [0.717, 1.165) is 11.2 Å². The molecular weight excluding hydrogens is 264 g/mol. The molecular formula is C14H11F2N3O. The van der Waals surface area contributed by atoms with Gasteiger partial charge >= 0.3 is 6.61 Å². The maximum atomic E-state index is 12.2. The van der Waals surface area contributed by atoms with E-state index in [-0.39, 0.29) is 5.75 Å². The van der Waals surface area contributed by atoms with Crippen molar-refractivity contribution >= 4 is 11.2 Å². The molecule has 0 unspecified atom stereocenters. The van der Waals surface area contributed by atoms with Gasteiger partial charge in [-0.25, -0.2) is 9.97 Å². The number of aromatic nitrogens is 3. The van der Waals surface area contributed by atoms with Crippen molar-refractivity contribution in [3.63, 3.8) is 0 Å². The zero-order valence-corrected chi connectivity index (χ0v) is 10.6. The number of H-pyrrole nitrogens is 1. The van der Waals surface area contributed by atoms with Crippen molar-refractivity contribution in [3.05, 3.63) is 42.1 Å².